The summed E-state index contributed by atoms with van der Waals surface area (Å²) in [7, 11) is 3.92. The lowest BCUT2D eigenvalue weighted by Gasteiger charge is -2.24. The van der Waals surface area contributed by atoms with Gasteiger partial charge in [-0.2, -0.15) is 0 Å². The molecule has 0 aliphatic carbocycles. The molecular weight excluding hydrogens is 326 g/mol. The smallest absolute Gasteiger partial charge is 0.243 e. The van der Waals surface area contributed by atoms with Crippen LogP contribution in [0.1, 0.15) is 25.8 Å². The molecular formula is C21H27N3O2. The van der Waals surface area contributed by atoms with Gasteiger partial charge >= 0.3 is 0 Å². The first-order valence-corrected chi connectivity index (χ1v) is 8.67. The number of rotatable bonds is 7. The van der Waals surface area contributed by atoms with Crippen LogP contribution in [0, 0.1) is 0 Å². The molecule has 0 heterocycles. The van der Waals surface area contributed by atoms with Crippen molar-refractivity contribution in [1.29, 1.82) is 0 Å². The van der Waals surface area contributed by atoms with Crippen molar-refractivity contribution >= 4 is 23.2 Å². The second-order valence-electron chi connectivity index (χ2n) is 7.19. The molecule has 0 unspecified atom stereocenters. The average Bonchev–Trinajstić information content (AvgIpc) is 2.61. The van der Waals surface area contributed by atoms with Crippen LogP contribution in [-0.2, 0) is 15.0 Å². The molecule has 2 rings (SSSR count). The SMILES string of the molecule is CN(C)c1ccc(NC(=O)CNC(=O)CC(C)(C)c2ccccc2)cc1. The quantitative estimate of drug-likeness (QED) is 0.804. The summed E-state index contributed by atoms with van der Waals surface area (Å²) in [6.45, 7) is 4.00. The van der Waals surface area contributed by atoms with E-state index < -0.39 is 0 Å². The van der Waals surface area contributed by atoms with Gasteiger partial charge in [0.15, 0.2) is 0 Å². The number of anilines is 2. The molecule has 0 radical (unpaired) electrons. The van der Waals surface area contributed by atoms with Gasteiger partial charge in [-0.05, 0) is 35.2 Å². The van der Waals surface area contributed by atoms with Gasteiger partial charge in [-0.1, -0.05) is 44.2 Å². The highest BCUT2D eigenvalue weighted by Crippen LogP contribution is 2.26. The first-order chi connectivity index (χ1) is 12.3. The fourth-order valence-electron chi connectivity index (χ4n) is 2.68. The third-order valence-electron chi connectivity index (χ3n) is 4.27. The minimum atomic E-state index is -0.288. The van der Waals surface area contributed by atoms with Crippen molar-refractivity contribution in [2.75, 3.05) is 30.9 Å². The van der Waals surface area contributed by atoms with Gasteiger partial charge in [0, 0.05) is 31.9 Å². The van der Waals surface area contributed by atoms with Gasteiger partial charge in [-0.3, -0.25) is 9.59 Å². The van der Waals surface area contributed by atoms with Crippen LogP contribution in [-0.4, -0.2) is 32.5 Å². The fourth-order valence-corrected chi connectivity index (χ4v) is 2.68. The van der Waals surface area contributed by atoms with Gasteiger partial charge in [0.05, 0.1) is 6.54 Å². The molecule has 2 amide bonds. The number of hydrogen-bond donors (Lipinski definition) is 2. The maximum atomic E-state index is 12.2. The Hall–Kier alpha value is -2.82. The largest absolute Gasteiger partial charge is 0.378 e. The van der Waals surface area contributed by atoms with Crippen molar-refractivity contribution in [3.05, 3.63) is 60.2 Å². The maximum Gasteiger partial charge on any atom is 0.243 e. The summed E-state index contributed by atoms with van der Waals surface area (Å²) >= 11 is 0. The first-order valence-electron chi connectivity index (χ1n) is 8.67. The number of amides is 2. The number of carbonyl (C=O) groups is 2. The van der Waals surface area contributed by atoms with Gasteiger partial charge in [0.25, 0.3) is 0 Å². The van der Waals surface area contributed by atoms with Crippen molar-refractivity contribution < 1.29 is 9.59 Å². The number of carbonyl (C=O) groups excluding carboxylic acids is 2. The Balaban J connectivity index is 1.82. The van der Waals surface area contributed by atoms with Crippen LogP contribution in [0.2, 0.25) is 0 Å². The van der Waals surface area contributed by atoms with E-state index in [1.807, 2.05) is 87.4 Å². The number of hydrogen-bond acceptors (Lipinski definition) is 3. The number of nitrogens with one attached hydrogen (secondary N) is 2. The van der Waals surface area contributed by atoms with E-state index >= 15 is 0 Å². The van der Waals surface area contributed by atoms with E-state index in [2.05, 4.69) is 10.6 Å². The van der Waals surface area contributed by atoms with Gasteiger partial charge in [-0.25, -0.2) is 0 Å². The lowest BCUT2D eigenvalue weighted by atomic mass is 9.81. The summed E-state index contributed by atoms with van der Waals surface area (Å²) in [4.78, 5) is 26.2. The summed E-state index contributed by atoms with van der Waals surface area (Å²) in [5.41, 5.74) is 2.57. The molecule has 2 N–H and O–H groups in total. The average molecular weight is 353 g/mol. The van der Waals surface area contributed by atoms with Gasteiger partial charge in [-0.15, -0.1) is 0 Å². The van der Waals surface area contributed by atoms with Crippen molar-refractivity contribution in [2.45, 2.75) is 25.7 Å². The molecule has 5 heteroatoms. The summed E-state index contributed by atoms with van der Waals surface area (Å²) in [5.74, 6) is -0.384. The monoisotopic (exact) mass is 353 g/mol. The summed E-state index contributed by atoms with van der Waals surface area (Å²) in [6.07, 6.45) is 0.321. The normalized spacial score (nSPS) is 10.9. The summed E-state index contributed by atoms with van der Waals surface area (Å²) < 4.78 is 0. The van der Waals surface area contributed by atoms with E-state index in [0.717, 1.165) is 11.3 Å². The van der Waals surface area contributed by atoms with Crippen molar-refractivity contribution in [2.24, 2.45) is 0 Å². The van der Waals surface area contributed by atoms with E-state index in [9.17, 15) is 9.59 Å². The molecule has 0 atom stereocenters. The summed E-state index contributed by atoms with van der Waals surface area (Å²) in [6, 6.07) is 17.4. The Morgan fingerprint density at radius 2 is 1.54 bits per heavy atom. The van der Waals surface area contributed by atoms with Crippen LogP contribution in [0.5, 0.6) is 0 Å². The Labute approximate surface area is 155 Å². The molecule has 26 heavy (non-hydrogen) atoms. The van der Waals surface area contributed by atoms with Crippen LogP contribution < -0.4 is 15.5 Å². The molecule has 0 saturated carbocycles. The van der Waals surface area contributed by atoms with Gasteiger partial charge in [0.1, 0.15) is 0 Å². The zero-order valence-corrected chi connectivity index (χ0v) is 15.9. The predicted molar refractivity (Wildman–Crippen MR) is 106 cm³/mol. The Morgan fingerprint density at radius 1 is 0.923 bits per heavy atom. The molecule has 138 valence electrons. The van der Waals surface area contributed by atoms with Gasteiger partial charge < -0.3 is 15.5 Å². The Kier molecular flexibility index (Phi) is 6.39. The van der Waals surface area contributed by atoms with E-state index in [-0.39, 0.29) is 23.8 Å². The lowest BCUT2D eigenvalue weighted by Crippen LogP contribution is -2.36. The highest BCUT2D eigenvalue weighted by atomic mass is 16.2. The zero-order chi connectivity index (χ0) is 19.2. The molecule has 5 nitrogen and oxygen atoms in total. The molecule has 0 fully saturated rings. The summed E-state index contributed by atoms with van der Waals surface area (Å²) in [5, 5.41) is 5.48. The predicted octanol–water partition coefficient (Wildman–Crippen LogP) is 3.18. The highest BCUT2D eigenvalue weighted by molar-refractivity contribution is 5.94. The second kappa shape index (κ2) is 8.52. The minimum absolute atomic E-state index is 0.0425. The third-order valence-corrected chi connectivity index (χ3v) is 4.27. The van der Waals surface area contributed by atoms with Crippen LogP contribution >= 0.6 is 0 Å². The second-order valence-corrected chi connectivity index (χ2v) is 7.19. The molecule has 0 saturated heterocycles. The van der Waals surface area contributed by atoms with E-state index in [4.69, 9.17) is 0 Å². The topological polar surface area (TPSA) is 61.4 Å². The molecule has 0 aromatic heterocycles. The fraction of sp³-hybridized carbons (Fsp3) is 0.333. The van der Waals surface area contributed by atoms with Crippen molar-refractivity contribution in [3.8, 4) is 0 Å². The minimum Gasteiger partial charge on any atom is -0.378 e. The number of benzene rings is 2. The molecule has 2 aromatic carbocycles. The number of nitrogens with zero attached hydrogens (tertiary/aromatic N) is 1. The van der Waals surface area contributed by atoms with E-state index in [0.29, 0.717) is 12.1 Å². The van der Waals surface area contributed by atoms with Crippen molar-refractivity contribution in [1.82, 2.24) is 5.32 Å². The maximum absolute atomic E-state index is 12.2. The lowest BCUT2D eigenvalue weighted by molar-refractivity contribution is -0.125. The molecule has 0 aliphatic heterocycles. The van der Waals surface area contributed by atoms with Crippen molar-refractivity contribution in [3.63, 3.8) is 0 Å². The zero-order valence-electron chi connectivity index (χ0n) is 15.9. The van der Waals surface area contributed by atoms with Crippen LogP contribution in [0.25, 0.3) is 0 Å². The van der Waals surface area contributed by atoms with Crippen LogP contribution in [0.15, 0.2) is 54.6 Å². The van der Waals surface area contributed by atoms with E-state index in [1.165, 1.54) is 0 Å². The molecule has 0 aliphatic rings. The standard InChI is InChI=1S/C21H27N3O2/c1-21(2,16-8-6-5-7-9-16)14-19(25)22-15-20(26)23-17-10-12-18(13-11-17)24(3)4/h5-13H,14-15H2,1-4H3,(H,22,25)(H,23,26). The third kappa shape index (κ3) is 5.62. The molecule has 0 bridgehead atoms. The molecule has 2 aromatic rings. The highest BCUT2D eigenvalue weighted by Gasteiger charge is 2.24. The first kappa shape index (κ1) is 19.5. The Bertz CT molecular complexity index is 738. The van der Waals surface area contributed by atoms with E-state index in [1.54, 1.807) is 0 Å². The Morgan fingerprint density at radius 3 is 2.12 bits per heavy atom. The van der Waals surface area contributed by atoms with Crippen LogP contribution in [0.4, 0.5) is 11.4 Å². The van der Waals surface area contributed by atoms with Gasteiger partial charge in [0.2, 0.25) is 11.8 Å². The molecule has 0 spiro atoms. The van der Waals surface area contributed by atoms with Crippen LogP contribution in [0.3, 0.4) is 0 Å².